The minimum absolute atomic E-state index is 0.216. The van der Waals surface area contributed by atoms with E-state index in [9.17, 15) is 14.0 Å². The molecule has 124 valence electrons. The van der Waals surface area contributed by atoms with Gasteiger partial charge in [0, 0.05) is 30.4 Å². The highest BCUT2D eigenvalue weighted by molar-refractivity contribution is 5.88. The molecule has 4 rings (SSSR count). The molecule has 2 aromatic heterocycles. The van der Waals surface area contributed by atoms with Crippen LogP contribution in [0.4, 0.5) is 4.39 Å². The summed E-state index contributed by atoms with van der Waals surface area (Å²) in [4.78, 5) is 25.6. The number of H-pyrrole nitrogens is 1. The molecule has 1 aliphatic heterocycles. The van der Waals surface area contributed by atoms with Crippen LogP contribution in [0.1, 0.15) is 12.5 Å². The Kier molecular flexibility index (Phi) is 3.57. The lowest BCUT2D eigenvalue weighted by molar-refractivity contribution is 0.187. The van der Waals surface area contributed by atoms with Crippen molar-refractivity contribution in [1.82, 2.24) is 19.4 Å². The van der Waals surface area contributed by atoms with Crippen LogP contribution < -0.4 is 16.6 Å². The van der Waals surface area contributed by atoms with Crippen LogP contribution in [0.25, 0.3) is 16.6 Å². The molecule has 1 aromatic carbocycles. The lowest BCUT2D eigenvalue weighted by Crippen LogP contribution is -2.39. The maximum atomic E-state index is 14.3. The van der Waals surface area contributed by atoms with E-state index in [4.69, 9.17) is 0 Å². The van der Waals surface area contributed by atoms with E-state index < -0.39 is 17.4 Å². The predicted molar refractivity (Wildman–Crippen MR) is 89.6 cm³/mol. The Morgan fingerprint density at radius 2 is 2.00 bits per heavy atom. The minimum Gasteiger partial charge on any atom is -0.341 e. The number of piperidine rings is 1. The van der Waals surface area contributed by atoms with Gasteiger partial charge in [-0.25, -0.2) is 9.18 Å². The Morgan fingerprint density at radius 3 is 2.79 bits per heavy atom. The first-order valence-corrected chi connectivity index (χ1v) is 7.92. The van der Waals surface area contributed by atoms with Gasteiger partial charge >= 0.3 is 5.69 Å². The fourth-order valence-corrected chi connectivity index (χ4v) is 3.40. The molecule has 0 bridgehead atoms. The highest BCUT2D eigenvalue weighted by Gasteiger charge is 2.27. The molecule has 2 N–H and O–H groups in total. The molecule has 2 atom stereocenters. The number of benzene rings is 1. The van der Waals surface area contributed by atoms with Gasteiger partial charge in [-0.1, -0.05) is 6.07 Å². The van der Waals surface area contributed by atoms with Crippen molar-refractivity contribution in [2.75, 3.05) is 13.1 Å². The SMILES string of the molecule is O=c1ccn(-c2cccc3c2ccn3[C@H]2CCNC[C@@H]2F)c(=O)[nH]1. The summed E-state index contributed by atoms with van der Waals surface area (Å²) < 4.78 is 17.6. The van der Waals surface area contributed by atoms with Gasteiger partial charge in [-0.3, -0.25) is 14.3 Å². The molecule has 1 saturated heterocycles. The van der Waals surface area contributed by atoms with Gasteiger partial charge in [0.15, 0.2) is 0 Å². The van der Waals surface area contributed by atoms with Crippen molar-refractivity contribution >= 4 is 10.9 Å². The van der Waals surface area contributed by atoms with Crippen molar-refractivity contribution in [2.45, 2.75) is 18.6 Å². The molecule has 1 aliphatic rings. The van der Waals surface area contributed by atoms with Gasteiger partial charge in [0.1, 0.15) is 6.17 Å². The summed E-state index contributed by atoms with van der Waals surface area (Å²) in [5.74, 6) is 0. The number of hydrogen-bond acceptors (Lipinski definition) is 3. The highest BCUT2D eigenvalue weighted by atomic mass is 19.1. The predicted octanol–water partition coefficient (Wildman–Crippen LogP) is 1.35. The van der Waals surface area contributed by atoms with Gasteiger partial charge in [0.25, 0.3) is 5.56 Å². The second-order valence-electron chi connectivity index (χ2n) is 5.99. The van der Waals surface area contributed by atoms with Gasteiger partial charge in [-0.15, -0.1) is 0 Å². The Balaban J connectivity index is 1.88. The van der Waals surface area contributed by atoms with Crippen LogP contribution in [0, 0.1) is 0 Å². The molecule has 0 unspecified atom stereocenters. The Bertz CT molecular complexity index is 1000. The van der Waals surface area contributed by atoms with Gasteiger partial charge in [-0.05, 0) is 31.2 Å². The molecular weight excluding hydrogens is 311 g/mol. The van der Waals surface area contributed by atoms with Crippen molar-refractivity contribution in [3.8, 4) is 5.69 Å². The molecule has 0 spiro atoms. The third-order valence-corrected chi connectivity index (χ3v) is 4.55. The number of aromatic amines is 1. The first-order chi connectivity index (χ1) is 11.6. The van der Waals surface area contributed by atoms with Gasteiger partial charge in [0.2, 0.25) is 0 Å². The molecular formula is C17H17FN4O2. The number of nitrogens with one attached hydrogen (secondary N) is 2. The number of halogens is 1. The van der Waals surface area contributed by atoms with Crippen LogP contribution in [-0.2, 0) is 0 Å². The number of nitrogens with zero attached hydrogens (tertiary/aromatic N) is 2. The average molecular weight is 328 g/mol. The zero-order valence-corrected chi connectivity index (χ0v) is 12.9. The third-order valence-electron chi connectivity index (χ3n) is 4.55. The minimum atomic E-state index is -0.950. The van der Waals surface area contributed by atoms with Crippen molar-refractivity contribution in [1.29, 1.82) is 0 Å². The largest absolute Gasteiger partial charge is 0.341 e. The van der Waals surface area contributed by atoms with Gasteiger partial charge in [-0.2, -0.15) is 0 Å². The maximum Gasteiger partial charge on any atom is 0.332 e. The molecule has 6 nitrogen and oxygen atoms in total. The summed E-state index contributed by atoms with van der Waals surface area (Å²) in [6.45, 7) is 1.13. The van der Waals surface area contributed by atoms with Crippen LogP contribution in [0.2, 0.25) is 0 Å². The summed E-state index contributed by atoms with van der Waals surface area (Å²) in [5, 5.41) is 3.90. The number of rotatable bonds is 2. The highest BCUT2D eigenvalue weighted by Crippen LogP contribution is 2.30. The van der Waals surface area contributed by atoms with E-state index in [1.54, 1.807) is 0 Å². The number of aromatic nitrogens is 3. The number of alkyl halides is 1. The Morgan fingerprint density at radius 1 is 1.12 bits per heavy atom. The summed E-state index contributed by atoms with van der Waals surface area (Å²) in [5.41, 5.74) is 0.612. The molecule has 0 amide bonds. The zero-order valence-electron chi connectivity index (χ0n) is 12.9. The topological polar surface area (TPSA) is 71.8 Å². The van der Waals surface area contributed by atoms with E-state index in [1.807, 2.05) is 35.0 Å². The fraction of sp³-hybridized carbons (Fsp3) is 0.294. The van der Waals surface area contributed by atoms with E-state index in [0.29, 0.717) is 18.7 Å². The Labute approximate surface area is 136 Å². The fourth-order valence-electron chi connectivity index (χ4n) is 3.40. The zero-order chi connectivity index (χ0) is 16.7. The third kappa shape index (κ3) is 2.37. The molecule has 0 saturated carbocycles. The second-order valence-corrected chi connectivity index (χ2v) is 5.99. The van der Waals surface area contributed by atoms with Crippen LogP contribution in [0.5, 0.6) is 0 Å². The monoisotopic (exact) mass is 328 g/mol. The second kappa shape index (κ2) is 5.76. The summed E-state index contributed by atoms with van der Waals surface area (Å²) in [6.07, 6.45) is 3.09. The van der Waals surface area contributed by atoms with Crippen molar-refractivity contribution in [3.05, 3.63) is 63.6 Å². The lowest BCUT2D eigenvalue weighted by Gasteiger charge is -2.28. The molecule has 0 aliphatic carbocycles. The average Bonchev–Trinajstić information content (AvgIpc) is 2.99. The van der Waals surface area contributed by atoms with Gasteiger partial charge < -0.3 is 9.88 Å². The standard InChI is InChI=1S/C17H17FN4O2/c18-12-10-19-7-4-15(12)21-8-5-11-13(21)2-1-3-14(11)22-9-6-16(23)20-17(22)24/h1-3,5-6,8-9,12,15,19H,4,7,10H2,(H,20,23,24)/t12-,15-/m0/s1. The number of fused-ring (bicyclic) bond motifs is 1. The first-order valence-electron chi connectivity index (χ1n) is 7.92. The first kappa shape index (κ1) is 14.9. The quantitative estimate of drug-likeness (QED) is 0.746. The van der Waals surface area contributed by atoms with Crippen molar-refractivity contribution in [2.24, 2.45) is 0 Å². The van der Waals surface area contributed by atoms with E-state index in [0.717, 1.165) is 17.4 Å². The molecule has 7 heteroatoms. The molecule has 3 heterocycles. The van der Waals surface area contributed by atoms with E-state index in [1.165, 1.54) is 16.8 Å². The van der Waals surface area contributed by atoms with Crippen molar-refractivity contribution in [3.63, 3.8) is 0 Å². The Hall–Kier alpha value is -2.67. The summed E-state index contributed by atoms with van der Waals surface area (Å²) >= 11 is 0. The van der Waals surface area contributed by atoms with Crippen LogP contribution in [0.15, 0.2) is 52.3 Å². The van der Waals surface area contributed by atoms with Crippen LogP contribution in [-0.4, -0.2) is 33.4 Å². The summed E-state index contributed by atoms with van der Waals surface area (Å²) in [6, 6.07) is 8.54. The molecule has 24 heavy (non-hydrogen) atoms. The smallest absolute Gasteiger partial charge is 0.332 e. The van der Waals surface area contributed by atoms with Gasteiger partial charge in [0.05, 0.1) is 17.2 Å². The maximum absolute atomic E-state index is 14.3. The van der Waals surface area contributed by atoms with Crippen molar-refractivity contribution < 1.29 is 4.39 Å². The lowest BCUT2D eigenvalue weighted by atomic mass is 10.0. The van der Waals surface area contributed by atoms with Crippen LogP contribution >= 0.6 is 0 Å². The van der Waals surface area contributed by atoms with E-state index in [2.05, 4.69) is 10.3 Å². The van der Waals surface area contributed by atoms with Crippen LogP contribution in [0.3, 0.4) is 0 Å². The molecule has 3 aromatic rings. The van der Waals surface area contributed by atoms with E-state index in [-0.39, 0.29) is 6.04 Å². The number of hydrogen-bond donors (Lipinski definition) is 2. The summed E-state index contributed by atoms with van der Waals surface area (Å²) in [7, 11) is 0. The molecule has 1 fully saturated rings. The van der Waals surface area contributed by atoms with E-state index >= 15 is 0 Å². The molecule has 0 radical (unpaired) electrons. The normalized spacial score (nSPS) is 21.2.